The lowest BCUT2D eigenvalue weighted by atomic mass is 9.85. The third kappa shape index (κ3) is 3.48. The molecule has 10 heteroatoms. The fourth-order valence-electron chi connectivity index (χ4n) is 4.71. The number of aromatic nitrogens is 2. The summed E-state index contributed by atoms with van der Waals surface area (Å²) < 4.78 is 35.0. The maximum Gasteiger partial charge on any atom is 0.164 e. The number of hydrogen-bond acceptors (Lipinski definition) is 8. The lowest BCUT2D eigenvalue weighted by Crippen LogP contribution is -2.37. The number of pyridine rings is 2. The summed E-state index contributed by atoms with van der Waals surface area (Å²) in [6.45, 7) is 2.23. The molecule has 5 rings (SSSR count). The van der Waals surface area contributed by atoms with E-state index < -0.39 is 17.2 Å². The van der Waals surface area contributed by atoms with Crippen molar-refractivity contribution in [3.8, 4) is 6.07 Å². The fourth-order valence-corrected chi connectivity index (χ4v) is 6.16. The van der Waals surface area contributed by atoms with Gasteiger partial charge in [0.2, 0.25) is 0 Å². The molecule has 0 amide bonds. The van der Waals surface area contributed by atoms with E-state index in [9.17, 15) is 4.39 Å². The molecule has 1 saturated carbocycles. The Bertz CT molecular complexity index is 1360. The number of anilines is 2. The van der Waals surface area contributed by atoms with Gasteiger partial charge in [-0.25, -0.2) is 13.8 Å². The number of thioether (sulfide) groups is 1. The molecule has 3 heterocycles. The number of methoxy groups -OCH3 is 1. The van der Waals surface area contributed by atoms with E-state index in [4.69, 9.17) is 15.7 Å². The first kappa shape index (κ1) is 21.6. The Morgan fingerprint density at radius 3 is 2.91 bits per heavy atom. The lowest BCUT2D eigenvalue weighted by molar-refractivity contribution is 0.184. The summed E-state index contributed by atoms with van der Waals surface area (Å²) in [5.41, 5.74) is 6.41. The Hall–Kier alpha value is -3.29. The molecule has 1 aliphatic carbocycles. The summed E-state index contributed by atoms with van der Waals surface area (Å²) in [5.74, 6) is -1.64. The van der Waals surface area contributed by atoms with Crippen molar-refractivity contribution in [3.63, 3.8) is 0 Å². The second kappa shape index (κ2) is 7.64. The lowest BCUT2D eigenvalue weighted by Gasteiger charge is -2.34. The molecular formula is C23H20F2N6OS. The van der Waals surface area contributed by atoms with Gasteiger partial charge in [0, 0.05) is 48.1 Å². The van der Waals surface area contributed by atoms with E-state index >= 15 is 4.39 Å². The average molecular weight is 467 g/mol. The minimum Gasteiger partial charge on any atom is -0.383 e. The van der Waals surface area contributed by atoms with E-state index in [1.807, 2.05) is 6.07 Å². The average Bonchev–Trinajstić information content (AvgIpc) is 3.50. The van der Waals surface area contributed by atoms with Crippen LogP contribution in [0.1, 0.15) is 24.5 Å². The molecule has 0 saturated heterocycles. The highest BCUT2D eigenvalue weighted by molar-refractivity contribution is 8.15. The minimum absolute atomic E-state index is 0.0480. The van der Waals surface area contributed by atoms with Crippen LogP contribution in [0.5, 0.6) is 0 Å². The zero-order valence-electron chi connectivity index (χ0n) is 17.9. The first-order chi connectivity index (χ1) is 15.8. The largest absolute Gasteiger partial charge is 0.383 e. The molecule has 1 aromatic carbocycles. The van der Waals surface area contributed by atoms with Crippen LogP contribution in [0.3, 0.4) is 0 Å². The third-order valence-electron chi connectivity index (χ3n) is 6.31. The first-order valence-electron chi connectivity index (χ1n) is 10.2. The summed E-state index contributed by atoms with van der Waals surface area (Å²) >= 11 is 1.44. The summed E-state index contributed by atoms with van der Waals surface area (Å²) in [7, 11) is 1.61. The molecule has 3 aromatic rings. The number of amidine groups is 1. The van der Waals surface area contributed by atoms with Gasteiger partial charge in [-0.2, -0.15) is 5.26 Å². The highest BCUT2D eigenvalue weighted by atomic mass is 32.2. The van der Waals surface area contributed by atoms with Crippen molar-refractivity contribution in [1.82, 2.24) is 9.97 Å². The van der Waals surface area contributed by atoms with Crippen LogP contribution in [-0.4, -0.2) is 33.6 Å². The number of benzene rings is 1. The maximum atomic E-state index is 15.1. The Morgan fingerprint density at radius 2 is 2.15 bits per heavy atom. The van der Waals surface area contributed by atoms with Crippen molar-refractivity contribution in [3.05, 3.63) is 59.4 Å². The zero-order valence-corrected chi connectivity index (χ0v) is 18.7. The molecule has 0 spiro atoms. The van der Waals surface area contributed by atoms with Crippen LogP contribution in [0.25, 0.3) is 10.9 Å². The maximum absolute atomic E-state index is 15.1. The van der Waals surface area contributed by atoms with Gasteiger partial charge in [0.15, 0.2) is 22.6 Å². The molecule has 2 aromatic heterocycles. The topological polar surface area (TPSA) is 109 Å². The van der Waals surface area contributed by atoms with Crippen molar-refractivity contribution in [2.45, 2.75) is 23.6 Å². The van der Waals surface area contributed by atoms with Gasteiger partial charge in [0.1, 0.15) is 11.6 Å². The number of ether oxygens (including phenoxy) is 1. The molecule has 168 valence electrons. The van der Waals surface area contributed by atoms with E-state index in [-0.39, 0.29) is 16.2 Å². The van der Waals surface area contributed by atoms with E-state index in [0.29, 0.717) is 39.7 Å². The van der Waals surface area contributed by atoms with Crippen molar-refractivity contribution >= 4 is 39.3 Å². The summed E-state index contributed by atoms with van der Waals surface area (Å²) in [6.07, 6.45) is 3.73. The summed E-state index contributed by atoms with van der Waals surface area (Å²) in [4.78, 5) is 13.2. The minimum atomic E-state index is -1.04. The summed E-state index contributed by atoms with van der Waals surface area (Å²) in [5, 5.41) is 13.2. The van der Waals surface area contributed by atoms with Crippen LogP contribution >= 0.6 is 11.8 Å². The fraction of sp³-hybridized carbons (Fsp3) is 0.304. The Labute approximate surface area is 193 Å². The van der Waals surface area contributed by atoms with Gasteiger partial charge in [-0.05, 0) is 31.5 Å². The van der Waals surface area contributed by atoms with Gasteiger partial charge in [-0.15, -0.1) is 0 Å². The van der Waals surface area contributed by atoms with E-state index in [1.165, 1.54) is 18.0 Å². The summed E-state index contributed by atoms with van der Waals surface area (Å²) in [6, 6.07) is 8.08. The standard InChI is InChI=1S/C23H20F2N6OS/c1-22(17-8-23(17,11-32-2)33-21(27)31-22)15-6-14(7-16(24)18(15)25)30-20-19-13(3-4-28-20)5-12(9-26)10-29-19/h3-7,10,17H,8,11H2,1-2H3,(H2,27,31)(H,28,30)/t17-,22-,23+/m0/s1. The highest BCUT2D eigenvalue weighted by Gasteiger charge is 2.66. The molecule has 2 aliphatic rings. The quantitative estimate of drug-likeness (QED) is 0.580. The molecule has 7 nitrogen and oxygen atoms in total. The van der Waals surface area contributed by atoms with Gasteiger partial charge in [-0.3, -0.25) is 9.98 Å². The van der Waals surface area contributed by atoms with Crippen LogP contribution in [-0.2, 0) is 10.3 Å². The van der Waals surface area contributed by atoms with Crippen molar-refractivity contribution < 1.29 is 13.5 Å². The Kier molecular flexibility index (Phi) is 4.99. The zero-order chi connectivity index (χ0) is 23.4. The normalized spacial score (nSPS) is 25.8. The van der Waals surface area contributed by atoms with Crippen LogP contribution in [0, 0.1) is 28.9 Å². The van der Waals surface area contributed by atoms with E-state index in [2.05, 4.69) is 20.3 Å². The molecule has 1 aliphatic heterocycles. The number of nitrogens with zero attached hydrogens (tertiary/aromatic N) is 4. The Balaban J connectivity index is 1.57. The number of halogens is 2. The van der Waals surface area contributed by atoms with E-state index in [1.54, 1.807) is 38.4 Å². The number of nitrogens with two attached hydrogens (primary N) is 1. The van der Waals surface area contributed by atoms with Crippen LogP contribution in [0.4, 0.5) is 20.3 Å². The second-order valence-electron chi connectivity index (χ2n) is 8.47. The number of aliphatic imine (C=N–C) groups is 1. The van der Waals surface area contributed by atoms with Gasteiger partial charge < -0.3 is 15.8 Å². The third-order valence-corrected chi connectivity index (χ3v) is 7.58. The molecule has 0 bridgehead atoms. The van der Waals surface area contributed by atoms with Gasteiger partial charge >= 0.3 is 0 Å². The number of nitriles is 1. The van der Waals surface area contributed by atoms with Crippen LogP contribution < -0.4 is 11.1 Å². The van der Waals surface area contributed by atoms with Gasteiger partial charge in [0.05, 0.1) is 22.5 Å². The number of nitrogens with one attached hydrogen (secondary N) is 1. The number of hydrogen-bond donors (Lipinski definition) is 2. The molecule has 33 heavy (non-hydrogen) atoms. The molecular weight excluding hydrogens is 446 g/mol. The number of fused-ring (bicyclic) bond motifs is 2. The van der Waals surface area contributed by atoms with E-state index in [0.717, 1.165) is 12.5 Å². The second-order valence-corrected chi connectivity index (χ2v) is 9.90. The predicted octanol–water partition coefficient (Wildman–Crippen LogP) is 4.21. The van der Waals surface area contributed by atoms with Gasteiger partial charge in [0.25, 0.3) is 0 Å². The predicted molar refractivity (Wildman–Crippen MR) is 123 cm³/mol. The SMILES string of the molecule is COC[C@]12C[C@H]1[C@](C)(c1cc(Nc3nccc4cc(C#N)cnc34)cc(F)c1F)N=C(N)S2. The van der Waals surface area contributed by atoms with Crippen molar-refractivity contribution in [2.24, 2.45) is 16.6 Å². The molecule has 3 atom stereocenters. The number of rotatable bonds is 5. The van der Waals surface area contributed by atoms with Crippen molar-refractivity contribution in [1.29, 1.82) is 5.26 Å². The molecule has 1 fully saturated rings. The molecule has 0 unspecified atom stereocenters. The van der Waals surface area contributed by atoms with Gasteiger partial charge in [-0.1, -0.05) is 11.8 Å². The molecule has 3 N–H and O–H groups in total. The van der Waals surface area contributed by atoms with Crippen LogP contribution in [0.15, 0.2) is 41.7 Å². The monoisotopic (exact) mass is 466 g/mol. The Morgan fingerprint density at radius 1 is 1.33 bits per heavy atom. The van der Waals surface area contributed by atoms with Crippen molar-refractivity contribution in [2.75, 3.05) is 19.0 Å². The molecule has 0 radical (unpaired) electrons. The first-order valence-corrected chi connectivity index (χ1v) is 11.1. The smallest absolute Gasteiger partial charge is 0.164 e. The van der Waals surface area contributed by atoms with Crippen LogP contribution in [0.2, 0.25) is 0 Å². The highest BCUT2D eigenvalue weighted by Crippen LogP contribution is 2.66.